The van der Waals surface area contributed by atoms with Crippen LogP contribution in [0.1, 0.15) is 39.3 Å². The molecule has 1 heterocycles. The Balaban J connectivity index is 1.66. The van der Waals surface area contributed by atoms with Crippen LogP contribution in [0.25, 0.3) is 10.8 Å². The Bertz CT molecular complexity index is 1150. The van der Waals surface area contributed by atoms with Crippen molar-refractivity contribution in [2.24, 2.45) is 0 Å². The van der Waals surface area contributed by atoms with Gasteiger partial charge in [-0.15, -0.1) is 0 Å². The smallest absolute Gasteiger partial charge is 0.410 e. The number of hydrogen-bond acceptors (Lipinski definition) is 4. The highest BCUT2D eigenvalue weighted by Crippen LogP contribution is 2.36. The van der Waals surface area contributed by atoms with Gasteiger partial charge in [0.05, 0.1) is 24.8 Å². The second-order valence-electron chi connectivity index (χ2n) is 9.61. The SMILES string of the molecule is C[C@H](c1cccc2ccccc12)N(CC1CN(C)c2ccc(Br)cc2O1)C(=O)OC(C)(C)C. The van der Waals surface area contributed by atoms with E-state index in [1.54, 1.807) is 4.90 Å². The summed E-state index contributed by atoms with van der Waals surface area (Å²) in [5.41, 5.74) is 1.54. The summed E-state index contributed by atoms with van der Waals surface area (Å²) >= 11 is 3.53. The average molecular weight is 511 g/mol. The van der Waals surface area contributed by atoms with E-state index < -0.39 is 5.60 Å². The maximum absolute atomic E-state index is 13.4. The lowest BCUT2D eigenvalue weighted by Crippen LogP contribution is -2.48. The van der Waals surface area contributed by atoms with Gasteiger partial charge in [0.1, 0.15) is 17.5 Å². The number of rotatable bonds is 4. The quantitative estimate of drug-likeness (QED) is 0.387. The van der Waals surface area contributed by atoms with Gasteiger partial charge in [-0.2, -0.15) is 0 Å². The molecule has 0 saturated carbocycles. The van der Waals surface area contributed by atoms with Crippen LogP contribution in [0, 0.1) is 0 Å². The van der Waals surface area contributed by atoms with Crippen molar-refractivity contribution in [3.8, 4) is 5.75 Å². The summed E-state index contributed by atoms with van der Waals surface area (Å²) in [5.74, 6) is 0.810. The first-order valence-corrected chi connectivity index (χ1v) is 12.1. The Hall–Kier alpha value is -2.73. The first-order chi connectivity index (χ1) is 15.6. The van der Waals surface area contributed by atoms with Crippen molar-refractivity contribution >= 4 is 38.5 Å². The van der Waals surface area contributed by atoms with Gasteiger partial charge in [-0.3, -0.25) is 4.90 Å². The van der Waals surface area contributed by atoms with E-state index in [1.165, 1.54) is 0 Å². The Labute approximate surface area is 204 Å². The van der Waals surface area contributed by atoms with Crippen LogP contribution in [0.2, 0.25) is 0 Å². The maximum atomic E-state index is 13.4. The molecule has 0 saturated heterocycles. The summed E-state index contributed by atoms with van der Waals surface area (Å²) in [6.45, 7) is 8.83. The third-order valence-electron chi connectivity index (χ3n) is 5.87. The molecule has 0 aromatic heterocycles. The number of amides is 1. The van der Waals surface area contributed by atoms with Gasteiger partial charge in [0, 0.05) is 11.5 Å². The number of carbonyl (C=O) groups is 1. The summed E-state index contributed by atoms with van der Waals surface area (Å²) in [6, 6.07) is 20.3. The largest absolute Gasteiger partial charge is 0.485 e. The van der Waals surface area contributed by atoms with Crippen LogP contribution < -0.4 is 9.64 Å². The standard InChI is InChI=1S/C27H31BrN2O3/c1-18(22-12-8-10-19-9-6-7-11-23(19)22)30(26(31)33-27(2,3)4)17-21-16-29(5)24-14-13-20(28)15-25(24)32-21/h6-15,18,21H,16-17H2,1-5H3/t18-,21?/m1/s1. The molecule has 1 aliphatic heterocycles. The molecule has 0 radical (unpaired) electrons. The topological polar surface area (TPSA) is 42.0 Å². The molecule has 1 aliphatic rings. The highest BCUT2D eigenvalue weighted by Gasteiger charge is 2.33. The Morgan fingerprint density at radius 1 is 1.18 bits per heavy atom. The zero-order chi connectivity index (χ0) is 23.8. The Morgan fingerprint density at radius 3 is 2.67 bits per heavy atom. The van der Waals surface area contributed by atoms with Gasteiger partial charge in [-0.25, -0.2) is 4.79 Å². The third kappa shape index (κ3) is 5.27. The first-order valence-electron chi connectivity index (χ1n) is 11.3. The zero-order valence-electron chi connectivity index (χ0n) is 19.8. The van der Waals surface area contributed by atoms with Gasteiger partial charge >= 0.3 is 6.09 Å². The molecule has 0 aliphatic carbocycles. The van der Waals surface area contributed by atoms with Crippen molar-refractivity contribution in [1.82, 2.24) is 4.90 Å². The molecule has 174 valence electrons. The fourth-order valence-electron chi connectivity index (χ4n) is 4.33. The normalized spacial score (nSPS) is 16.7. The lowest BCUT2D eigenvalue weighted by Gasteiger charge is -2.39. The molecule has 0 N–H and O–H groups in total. The average Bonchev–Trinajstić information content (AvgIpc) is 2.75. The predicted octanol–water partition coefficient (Wildman–Crippen LogP) is 6.80. The van der Waals surface area contributed by atoms with Crippen molar-refractivity contribution in [2.45, 2.75) is 45.4 Å². The minimum absolute atomic E-state index is 0.191. The second kappa shape index (κ2) is 9.26. The first kappa shape index (κ1) is 23.4. The van der Waals surface area contributed by atoms with Crippen molar-refractivity contribution in [3.63, 3.8) is 0 Å². The molecule has 4 rings (SSSR count). The number of anilines is 1. The van der Waals surface area contributed by atoms with Crippen LogP contribution >= 0.6 is 15.9 Å². The number of likely N-dealkylation sites (N-methyl/N-ethyl adjacent to an activating group) is 1. The summed E-state index contributed by atoms with van der Waals surface area (Å²) in [7, 11) is 2.05. The number of nitrogens with zero attached hydrogens (tertiary/aromatic N) is 2. The maximum Gasteiger partial charge on any atom is 0.410 e. The van der Waals surface area contributed by atoms with Gasteiger partial charge in [0.25, 0.3) is 0 Å². The van der Waals surface area contributed by atoms with E-state index in [0.717, 1.165) is 32.2 Å². The molecule has 2 atom stereocenters. The van der Waals surface area contributed by atoms with Crippen LogP contribution in [0.5, 0.6) is 5.75 Å². The lowest BCUT2D eigenvalue weighted by atomic mass is 9.98. The molecule has 33 heavy (non-hydrogen) atoms. The summed E-state index contributed by atoms with van der Waals surface area (Å²) < 4.78 is 13.1. The summed E-state index contributed by atoms with van der Waals surface area (Å²) in [5, 5.41) is 2.29. The molecule has 6 heteroatoms. The Morgan fingerprint density at radius 2 is 1.91 bits per heavy atom. The molecule has 0 spiro atoms. The van der Waals surface area contributed by atoms with Crippen molar-refractivity contribution in [2.75, 3.05) is 25.0 Å². The van der Waals surface area contributed by atoms with E-state index in [1.807, 2.05) is 64.2 Å². The van der Waals surface area contributed by atoms with E-state index in [0.29, 0.717) is 13.1 Å². The molecular formula is C27H31BrN2O3. The third-order valence-corrected chi connectivity index (χ3v) is 6.37. The zero-order valence-corrected chi connectivity index (χ0v) is 21.4. The molecule has 0 bridgehead atoms. The van der Waals surface area contributed by atoms with Crippen LogP contribution in [0.3, 0.4) is 0 Å². The highest BCUT2D eigenvalue weighted by molar-refractivity contribution is 9.10. The van der Waals surface area contributed by atoms with Gasteiger partial charge in [0.2, 0.25) is 0 Å². The van der Waals surface area contributed by atoms with E-state index in [2.05, 4.69) is 52.0 Å². The van der Waals surface area contributed by atoms with Crippen molar-refractivity contribution in [1.29, 1.82) is 0 Å². The van der Waals surface area contributed by atoms with Crippen LogP contribution in [-0.2, 0) is 4.74 Å². The summed E-state index contributed by atoms with van der Waals surface area (Å²) in [4.78, 5) is 17.4. The monoisotopic (exact) mass is 510 g/mol. The molecular weight excluding hydrogens is 480 g/mol. The molecule has 1 unspecified atom stereocenters. The molecule has 1 amide bonds. The molecule has 3 aromatic carbocycles. The fraction of sp³-hybridized carbons (Fsp3) is 0.370. The van der Waals surface area contributed by atoms with Gasteiger partial charge < -0.3 is 14.4 Å². The van der Waals surface area contributed by atoms with Crippen molar-refractivity contribution < 1.29 is 14.3 Å². The minimum atomic E-state index is -0.588. The molecule has 5 nitrogen and oxygen atoms in total. The summed E-state index contributed by atoms with van der Waals surface area (Å²) in [6.07, 6.45) is -0.532. The lowest BCUT2D eigenvalue weighted by molar-refractivity contribution is 0.00801. The number of hydrogen-bond donors (Lipinski definition) is 0. The predicted molar refractivity (Wildman–Crippen MR) is 137 cm³/mol. The highest BCUT2D eigenvalue weighted by atomic mass is 79.9. The number of carbonyl (C=O) groups excluding carboxylic acids is 1. The van der Waals surface area contributed by atoms with Crippen LogP contribution in [0.15, 0.2) is 65.1 Å². The van der Waals surface area contributed by atoms with Crippen LogP contribution in [0.4, 0.5) is 10.5 Å². The minimum Gasteiger partial charge on any atom is -0.485 e. The number of fused-ring (bicyclic) bond motifs is 2. The van der Waals surface area contributed by atoms with E-state index in [9.17, 15) is 4.79 Å². The van der Waals surface area contributed by atoms with Crippen LogP contribution in [-0.4, -0.2) is 42.8 Å². The molecule has 0 fully saturated rings. The van der Waals surface area contributed by atoms with Gasteiger partial charge in [-0.05, 0) is 62.2 Å². The van der Waals surface area contributed by atoms with E-state index >= 15 is 0 Å². The number of halogens is 1. The van der Waals surface area contributed by atoms with Gasteiger partial charge in [0.15, 0.2) is 0 Å². The fourth-order valence-corrected chi connectivity index (χ4v) is 4.67. The number of ether oxygens (including phenoxy) is 2. The second-order valence-corrected chi connectivity index (χ2v) is 10.5. The van der Waals surface area contributed by atoms with Gasteiger partial charge in [-0.1, -0.05) is 58.4 Å². The van der Waals surface area contributed by atoms with Crippen molar-refractivity contribution in [3.05, 3.63) is 70.7 Å². The number of benzene rings is 3. The Kier molecular flexibility index (Phi) is 6.57. The molecule has 3 aromatic rings. The van der Waals surface area contributed by atoms with E-state index in [-0.39, 0.29) is 18.2 Å². The van der Waals surface area contributed by atoms with E-state index in [4.69, 9.17) is 9.47 Å².